The van der Waals surface area contributed by atoms with E-state index in [-0.39, 0.29) is 0 Å². The third-order valence-electron chi connectivity index (χ3n) is 4.12. The predicted octanol–water partition coefficient (Wildman–Crippen LogP) is 1.88. The third-order valence-corrected chi connectivity index (χ3v) is 4.12. The summed E-state index contributed by atoms with van der Waals surface area (Å²) in [4.78, 5) is 2.40. The molecular weight excluding hydrogens is 212 g/mol. The molecule has 2 rings (SSSR count). The monoisotopic (exact) mass is 240 g/mol. The topological polar surface area (TPSA) is 24.5 Å². The Kier molecular flexibility index (Phi) is 5.75. The van der Waals surface area contributed by atoms with Gasteiger partial charge in [-0.2, -0.15) is 0 Å². The molecule has 0 spiro atoms. The molecule has 1 aliphatic carbocycles. The van der Waals surface area contributed by atoms with Crippen LogP contribution in [0, 0.1) is 5.92 Å². The Labute approximate surface area is 106 Å². The summed E-state index contributed by atoms with van der Waals surface area (Å²) in [6, 6.07) is 0. The van der Waals surface area contributed by atoms with Crippen LogP contribution in [0.15, 0.2) is 0 Å². The predicted molar refractivity (Wildman–Crippen MR) is 71.3 cm³/mol. The molecule has 100 valence electrons. The summed E-state index contributed by atoms with van der Waals surface area (Å²) in [5.41, 5.74) is 0. The summed E-state index contributed by atoms with van der Waals surface area (Å²) in [5, 5.41) is 3.60. The Morgan fingerprint density at radius 2 is 2.00 bits per heavy atom. The van der Waals surface area contributed by atoms with Crippen molar-refractivity contribution in [2.24, 2.45) is 5.92 Å². The van der Waals surface area contributed by atoms with Crippen LogP contribution in [0.25, 0.3) is 0 Å². The first kappa shape index (κ1) is 13.3. The van der Waals surface area contributed by atoms with Gasteiger partial charge in [0.15, 0.2) is 0 Å². The molecule has 0 aromatic rings. The molecule has 3 nitrogen and oxygen atoms in total. The van der Waals surface area contributed by atoms with Gasteiger partial charge in [0.05, 0.1) is 6.10 Å². The minimum Gasteiger partial charge on any atom is -0.377 e. The van der Waals surface area contributed by atoms with E-state index in [2.05, 4.69) is 17.3 Å². The van der Waals surface area contributed by atoms with Gasteiger partial charge >= 0.3 is 0 Å². The molecule has 1 N–H and O–H groups in total. The van der Waals surface area contributed by atoms with Crippen molar-refractivity contribution in [3.05, 3.63) is 0 Å². The molecule has 0 aromatic carbocycles. The summed E-state index contributed by atoms with van der Waals surface area (Å²) < 4.78 is 5.65. The van der Waals surface area contributed by atoms with Gasteiger partial charge in [-0.15, -0.1) is 0 Å². The van der Waals surface area contributed by atoms with Crippen LogP contribution in [0.5, 0.6) is 0 Å². The number of likely N-dealkylation sites (N-methyl/N-ethyl adjacent to an activating group) is 1. The van der Waals surface area contributed by atoms with Gasteiger partial charge in [0.25, 0.3) is 0 Å². The minimum atomic E-state index is 0.495. The molecule has 0 amide bonds. The SMILES string of the molecule is CN(CCNCC1CCCC1)CC1CCCO1. The van der Waals surface area contributed by atoms with Crippen LogP contribution in [0.2, 0.25) is 0 Å². The van der Waals surface area contributed by atoms with Crippen molar-refractivity contribution in [1.82, 2.24) is 10.2 Å². The van der Waals surface area contributed by atoms with E-state index in [0.29, 0.717) is 6.10 Å². The van der Waals surface area contributed by atoms with Gasteiger partial charge in [0, 0.05) is 26.2 Å². The molecular formula is C14H28N2O. The summed E-state index contributed by atoms with van der Waals surface area (Å²) in [6.07, 6.45) is 8.78. The van der Waals surface area contributed by atoms with Crippen molar-refractivity contribution in [2.45, 2.75) is 44.6 Å². The molecule has 1 aliphatic heterocycles. The third kappa shape index (κ3) is 4.94. The molecule has 1 unspecified atom stereocenters. The van der Waals surface area contributed by atoms with Gasteiger partial charge in [0.2, 0.25) is 0 Å². The first-order valence-electron chi connectivity index (χ1n) is 7.35. The van der Waals surface area contributed by atoms with Gasteiger partial charge in [-0.05, 0) is 45.2 Å². The molecule has 1 heterocycles. The Hall–Kier alpha value is -0.120. The first-order chi connectivity index (χ1) is 8.34. The summed E-state index contributed by atoms with van der Waals surface area (Å²) >= 11 is 0. The van der Waals surface area contributed by atoms with Crippen molar-refractivity contribution in [2.75, 3.05) is 39.8 Å². The Morgan fingerprint density at radius 1 is 1.18 bits per heavy atom. The molecule has 0 aromatic heterocycles. The van der Waals surface area contributed by atoms with E-state index in [1.807, 2.05) is 0 Å². The number of rotatable bonds is 7. The summed E-state index contributed by atoms with van der Waals surface area (Å²) in [6.45, 7) is 5.57. The average molecular weight is 240 g/mol. The second-order valence-electron chi connectivity index (χ2n) is 5.75. The first-order valence-corrected chi connectivity index (χ1v) is 7.35. The fraction of sp³-hybridized carbons (Fsp3) is 1.00. The molecule has 2 aliphatic rings. The highest BCUT2D eigenvalue weighted by molar-refractivity contribution is 4.71. The molecule has 1 atom stereocenters. The lowest BCUT2D eigenvalue weighted by Gasteiger charge is -2.21. The smallest absolute Gasteiger partial charge is 0.0702 e. The number of hydrogen-bond donors (Lipinski definition) is 1. The molecule has 17 heavy (non-hydrogen) atoms. The Morgan fingerprint density at radius 3 is 2.71 bits per heavy atom. The highest BCUT2D eigenvalue weighted by Crippen LogP contribution is 2.23. The van der Waals surface area contributed by atoms with Crippen LogP contribution in [0.4, 0.5) is 0 Å². The van der Waals surface area contributed by atoms with Crippen LogP contribution in [-0.4, -0.2) is 50.8 Å². The Balaban J connectivity index is 1.46. The van der Waals surface area contributed by atoms with Crippen LogP contribution >= 0.6 is 0 Å². The molecule has 0 bridgehead atoms. The zero-order chi connectivity index (χ0) is 11.9. The van der Waals surface area contributed by atoms with E-state index in [0.717, 1.165) is 32.2 Å². The Bertz CT molecular complexity index is 198. The maximum Gasteiger partial charge on any atom is 0.0702 e. The molecule has 3 heteroatoms. The zero-order valence-electron chi connectivity index (χ0n) is 11.3. The van der Waals surface area contributed by atoms with Crippen molar-refractivity contribution in [3.8, 4) is 0 Å². The number of nitrogens with zero attached hydrogens (tertiary/aromatic N) is 1. The van der Waals surface area contributed by atoms with E-state index < -0.39 is 0 Å². The lowest BCUT2D eigenvalue weighted by atomic mass is 10.1. The largest absolute Gasteiger partial charge is 0.377 e. The van der Waals surface area contributed by atoms with Crippen LogP contribution in [0.3, 0.4) is 0 Å². The van der Waals surface area contributed by atoms with Crippen LogP contribution in [0.1, 0.15) is 38.5 Å². The van der Waals surface area contributed by atoms with Gasteiger partial charge in [-0.3, -0.25) is 0 Å². The fourth-order valence-corrected chi connectivity index (χ4v) is 3.02. The average Bonchev–Trinajstić information content (AvgIpc) is 2.96. The highest BCUT2D eigenvalue weighted by Gasteiger charge is 2.17. The fourth-order valence-electron chi connectivity index (χ4n) is 3.02. The number of ether oxygens (including phenoxy) is 1. The maximum absolute atomic E-state index is 5.65. The summed E-state index contributed by atoms with van der Waals surface area (Å²) in [5.74, 6) is 0.957. The molecule has 1 saturated carbocycles. The highest BCUT2D eigenvalue weighted by atomic mass is 16.5. The van der Waals surface area contributed by atoms with Gasteiger partial charge in [-0.1, -0.05) is 12.8 Å². The normalized spacial score (nSPS) is 26.1. The molecule has 1 saturated heterocycles. The standard InChI is InChI=1S/C14H28N2O/c1-16(12-14-7-4-10-17-14)9-8-15-11-13-5-2-3-6-13/h13-15H,2-12H2,1H3. The quantitative estimate of drug-likeness (QED) is 0.688. The van der Waals surface area contributed by atoms with Crippen LogP contribution < -0.4 is 5.32 Å². The van der Waals surface area contributed by atoms with E-state index >= 15 is 0 Å². The van der Waals surface area contributed by atoms with Crippen LogP contribution in [-0.2, 0) is 4.74 Å². The van der Waals surface area contributed by atoms with E-state index in [9.17, 15) is 0 Å². The summed E-state index contributed by atoms with van der Waals surface area (Å²) in [7, 11) is 2.21. The zero-order valence-corrected chi connectivity index (χ0v) is 11.3. The second-order valence-corrected chi connectivity index (χ2v) is 5.75. The maximum atomic E-state index is 5.65. The lowest BCUT2D eigenvalue weighted by Crippen LogP contribution is -2.35. The van der Waals surface area contributed by atoms with Gasteiger partial charge in [0.1, 0.15) is 0 Å². The molecule has 0 radical (unpaired) electrons. The van der Waals surface area contributed by atoms with E-state index in [4.69, 9.17) is 4.74 Å². The second kappa shape index (κ2) is 7.34. The van der Waals surface area contributed by atoms with E-state index in [1.54, 1.807) is 0 Å². The van der Waals surface area contributed by atoms with Crippen molar-refractivity contribution >= 4 is 0 Å². The van der Waals surface area contributed by atoms with Crippen molar-refractivity contribution in [1.29, 1.82) is 0 Å². The van der Waals surface area contributed by atoms with Gasteiger partial charge in [-0.25, -0.2) is 0 Å². The number of hydrogen-bond acceptors (Lipinski definition) is 3. The van der Waals surface area contributed by atoms with E-state index in [1.165, 1.54) is 45.1 Å². The van der Waals surface area contributed by atoms with Crippen molar-refractivity contribution in [3.63, 3.8) is 0 Å². The number of nitrogens with one attached hydrogen (secondary N) is 1. The molecule has 2 fully saturated rings. The lowest BCUT2D eigenvalue weighted by molar-refractivity contribution is 0.0814. The van der Waals surface area contributed by atoms with Gasteiger partial charge < -0.3 is 15.0 Å². The van der Waals surface area contributed by atoms with Crippen molar-refractivity contribution < 1.29 is 4.74 Å². The minimum absolute atomic E-state index is 0.495.